The largest absolute Gasteiger partial charge is 0.486 e. The van der Waals surface area contributed by atoms with Crippen molar-refractivity contribution in [3.05, 3.63) is 75.9 Å². The molecule has 0 bridgehead atoms. The number of thiophene rings is 1. The summed E-state index contributed by atoms with van der Waals surface area (Å²) in [6.45, 7) is -0.122. The first-order valence-electron chi connectivity index (χ1n) is 11.1. The van der Waals surface area contributed by atoms with Gasteiger partial charge in [-0.3, -0.25) is 4.79 Å². The van der Waals surface area contributed by atoms with Crippen molar-refractivity contribution in [1.29, 1.82) is 0 Å². The van der Waals surface area contributed by atoms with Crippen molar-refractivity contribution < 1.29 is 32.2 Å². The molecule has 4 aromatic rings. The highest BCUT2D eigenvalue weighted by molar-refractivity contribution is 7.99. The number of esters is 1. The van der Waals surface area contributed by atoms with Crippen molar-refractivity contribution in [3.8, 4) is 16.9 Å². The number of alkyl halides is 3. The average molecular weight is 597 g/mol. The third kappa shape index (κ3) is 6.91. The van der Waals surface area contributed by atoms with Crippen molar-refractivity contribution in [3.63, 3.8) is 0 Å². The Balaban J connectivity index is 1.39. The molecular formula is C25H20ClF3N4O4S2. The molecule has 1 amide bonds. The molecule has 2 aromatic heterocycles. The van der Waals surface area contributed by atoms with Crippen LogP contribution in [-0.2, 0) is 29.4 Å². The number of benzene rings is 2. The summed E-state index contributed by atoms with van der Waals surface area (Å²) < 4.78 is 50.7. The molecule has 0 saturated carbocycles. The van der Waals surface area contributed by atoms with Crippen LogP contribution in [0, 0.1) is 0 Å². The molecule has 0 saturated heterocycles. The number of methoxy groups -OCH3 is 1. The van der Waals surface area contributed by atoms with Crippen LogP contribution in [-0.4, -0.2) is 39.5 Å². The van der Waals surface area contributed by atoms with Crippen molar-refractivity contribution in [2.24, 2.45) is 7.05 Å². The normalized spacial score (nSPS) is 11.3. The van der Waals surface area contributed by atoms with E-state index in [0.29, 0.717) is 26.6 Å². The highest BCUT2D eigenvalue weighted by Gasteiger charge is 2.30. The average Bonchev–Trinajstić information content (AvgIpc) is 3.48. The van der Waals surface area contributed by atoms with Crippen LogP contribution in [0.3, 0.4) is 0 Å². The van der Waals surface area contributed by atoms with Crippen LogP contribution in [0.4, 0.5) is 18.2 Å². The number of amides is 1. The van der Waals surface area contributed by atoms with Gasteiger partial charge in [-0.15, -0.1) is 21.5 Å². The SMILES string of the molecule is COC(=O)c1c(-c2ccc(Cl)cc2)csc1NC(=O)CSc1nnc(COc2cccc(C(F)(F)F)c2)n1C. The van der Waals surface area contributed by atoms with Gasteiger partial charge < -0.3 is 19.4 Å². The number of carbonyl (C=O) groups is 2. The third-order valence-corrected chi connectivity index (χ3v) is 7.54. The van der Waals surface area contributed by atoms with E-state index in [0.717, 1.165) is 29.5 Å². The summed E-state index contributed by atoms with van der Waals surface area (Å²) in [7, 11) is 2.91. The first kappa shape index (κ1) is 28.5. The Bertz CT molecular complexity index is 1490. The maximum absolute atomic E-state index is 12.9. The molecule has 39 heavy (non-hydrogen) atoms. The van der Waals surface area contributed by atoms with Crippen LogP contribution in [0.15, 0.2) is 59.1 Å². The highest BCUT2D eigenvalue weighted by Crippen LogP contribution is 2.37. The van der Waals surface area contributed by atoms with E-state index in [1.165, 1.54) is 30.6 Å². The van der Waals surface area contributed by atoms with Crippen molar-refractivity contribution in [2.75, 3.05) is 18.2 Å². The van der Waals surface area contributed by atoms with Gasteiger partial charge in [0, 0.05) is 23.0 Å². The molecule has 0 aliphatic heterocycles. The molecule has 4 rings (SSSR count). The van der Waals surface area contributed by atoms with Gasteiger partial charge in [0.2, 0.25) is 5.91 Å². The minimum atomic E-state index is -4.48. The lowest BCUT2D eigenvalue weighted by Gasteiger charge is -2.10. The number of hydrogen-bond acceptors (Lipinski definition) is 8. The van der Waals surface area contributed by atoms with E-state index in [9.17, 15) is 22.8 Å². The maximum Gasteiger partial charge on any atom is 0.416 e. The number of rotatable bonds is 9. The monoisotopic (exact) mass is 596 g/mol. The number of carbonyl (C=O) groups excluding carboxylic acids is 2. The van der Waals surface area contributed by atoms with Gasteiger partial charge in [-0.25, -0.2) is 4.79 Å². The summed E-state index contributed by atoms with van der Waals surface area (Å²) in [5.41, 5.74) is 0.757. The fourth-order valence-corrected chi connectivity index (χ4v) is 5.23. The minimum Gasteiger partial charge on any atom is -0.486 e. The van der Waals surface area contributed by atoms with Gasteiger partial charge in [-0.1, -0.05) is 41.6 Å². The highest BCUT2D eigenvalue weighted by atomic mass is 35.5. The lowest BCUT2D eigenvalue weighted by atomic mass is 10.0. The van der Waals surface area contributed by atoms with Crippen LogP contribution in [0.5, 0.6) is 5.75 Å². The molecule has 0 atom stereocenters. The molecule has 2 heterocycles. The number of thioether (sulfide) groups is 1. The number of aromatic nitrogens is 3. The van der Waals surface area contributed by atoms with E-state index in [1.54, 1.807) is 41.3 Å². The predicted molar refractivity (Wildman–Crippen MR) is 142 cm³/mol. The summed E-state index contributed by atoms with van der Waals surface area (Å²) in [4.78, 5) is 25.2. The zero-order chi connectivity index (χ0) is 28.2. The second-order valence-electron chi connectivity index (χ2n) is 7.96. The van der Waals surface area contributed by atoms with Crippen LogP contribution in [0.25, 0.3) is 11.1 Å². The first-order chi connectivity index (χ1) is 18.6. The molecule has 0 unspecified atom stereocenters. The summed E-state index contributed by atoms with van der Waals surface area (Å²) in [6.07, 6.45) is -4.48. The summed E-state index contributed by atoms with van der Waals surface area (Å²) in [5, 5.41) is 13.8. The number of hydrogen-bond donors (Lipinski definition) is 1. The molecule has 0 aliphatic carbocycles. The number of ether oxygens (including phenoxy) is 2. The smallest absolute Gasteiger partial charge is 0.416 e. The molecular weight excluding hydrogens is 577 g/mol. The zero-order valence-electron chi connectivity index (χ0n) is 20.4. The Morgan fingerprint density at radius 2 is 1.90 bits per heavy atom. The summed E-state index contributed by atoms with van der Waals surface area (Å²) >= 11 is 8.25. The van der Waals surface area contributed by atoms with Crippen molar-refractivity contribution in [1.82, 2.24) is 14.8 Å². The van der Waals surface area contributed by atoms with Crippen LogP contribution in [0.1, 0.15) is 21.7 Å². The third-order valence-electron chi connectivity index (χ3n) is 5.38. The van der Waals surface area contributed by atoms with Crippen molar-refractivity contribution in [2.45, 2.75) is 17.9 Å². The first-order valence-corrected chi connectivity index (χ1v) is 13.4. The van der Waals surface area contributed by atoms with Crippen LogP contribution >= 0.6 is 34.7 Å². The molecule has 2 aromatic carbocycles. The predicted octanol–water partition coefficient (Wildman–Crippen LogP) is 6.31. The molecule has 0 fully saturated rings. The maximum atomic E-state index is 12.9. The Kier molecular flexibility index (Phi) is 8.83. The topological polar surface area (TPSA) is 95.3 Å². The second kappa shape index (κ2) is 12.1. The van der Waals surface area contributed by atoms with E-state index >= 15 is 0 Å². The van der Waals surface area contributed by atoms with Gasteiger partial charge in [0.25, 0.3) is 0 Å². The van der Waals surface area contributed by atoms with Gasteiger partial charge in [0.1, 0.15) is 22.9 Å². The number of anilines is 1. The fourth-order valence-electron chi connectivity index (χ4n) is 3.40. The van der Waals surface area contributed by atoms with Gasteiger partial charge in [0.15, 0.2) is 11.0 Å². The van der Waals surface area contributed by atoms with Gasteiger partial charge >= 0.3 is 12.1 Å². The van der Waals surface area contributed by atoms with E-state index < -0.39 is 17.7 Å². The van der Waals surface area contributed by atoms with Crippen LogP contribution < -0.4 is 10.1 Å². The Morgan fingerprint density at radius 3 is 2.59 bits per heavy atom. The second-order valence-corrected chi connectivity index (χ2v) is 10.2. The molecule has 0 radical (unpaired) electrons. The number of halogens is 4. The van der Waals surface area contributed by atoms with E-state index in [2.05, 4.69) is 15.5 Å². The quantitative estimate of drug-likeness (QED) is 0.179. The summed E-state index contributed by atoms with van der Waals surface area (Å²) in [5.74, 6) is -0.636. The van der Waals surface area contributed by atoms with Gasteiger partial charge in [0.05, 0.1) is 18.4 Å². The van der Waals surface area contributed by atoms with Gasteiger partial charge in [-0.2, -0.15) is 13.2 Å². The number of nitrogens with one attached hydrogen (secondary N) is 1. The molecule has 8 nitrogen and oxygen atoms in total. The minimum absolute atomic E-state index is 0.0386. The van der Waals surface area contributed by atoms with E-state index in [4.69, 9.17) is 21.1 Å². The van der Waals surface area contributed by atoms with Crippen LogP contribution in [0.2, 0.25) is 5.02 Å². The van der Waals surface area contributed by atoms with E-state index in [-0.39, 0.29) is 29.6 Å². The van der Waals surface area contributed by atoms with E-state index in [1.807, 2.05) is 0 Å². The van der Waals surface area contributed by atoms with Crippen molar-refractivity contribution >= 4 is 51.6 Å². The molecule has 204 valence electrons. The fraction of sp³-hybridized carbons (Fsp3) is 0.200. The molecule has 0 aliphatic rings. The number of nitrogens with zero attached hydrogens (tertiary/aromatic N) is 3. The Morgan fingerprint density at radius 1 is 1.15 bits per heavy atom. The summed E-state index contributed by atoms with van der Waals surface area (Å²) in [6, 6.07) is 11.5. The van der Waals surface area contributed by atoms with Gasteiger partial charge in [-0.05, 0) is 35.9 Å². The Hall–Kier alpha value is -3.55. The Labute approximate surface area is 234 Å². The molecule has 1 N–H and O–H groups in total. The standard InChI is InChI=1S/C25H20ClF3N4O4S2/c1-33-19(11-37-17-5-3-4-15(10-17)25(27,28)29)31-32-24(33)39-13-20(34)30-22-21(23(35)36-2)18(12-38-22)14-6-8-16(26)9-7-14/h3-10,12H,11,13H2,1-2H3,(H,30,34). The lowest BCUT2D eigenvalue weighted by Crippen LogP contribution is -2.16. The molecule has 0 spiro atoms. The lowest BCUT2D eigenvalue weighted by molar-refractivity contribution is -0.137. The molecule has 14 heteroatoms. The zero-order valence-corrected chi connectivity index (χ0v) is 22.8.